The molecule has 0 spiro atoms. The molecule has 0 fully saturated rings. The highest BCUT2D eigenvalue weighted by Crippen LogP contribution is 2.18. The number of hydrogen-bond donors (Lipinski definition) is 2. The molecular weight excluding hydrogens is 236 g/mol. The van der Waals surface area contributed by atoms with Gasteiger partial charge in [-0.25, -0.2) is 0 Å². The number of aromatic nitrogens is 2. The highest BCUT2D eigenvalue weighted by molar-refractivity contribution is 7.03. The van der Waals surface area contributed by atoms with Crippen molar-refractivity contribution < 1.29 is 4.79 Å². The van der Waals surface area contributed by atoms with Crippen LogP contribution in [0.4, 0.5) is 11.4 Å². The fourth-order valence-electron chi connectivity index (χ4n) is 1.45. The first kappa shape index (κ1) is 11.5. The van der Waals surface area contributed by atoms with E-state index in [1.54, 1.807) is 11.4 Å². The third kappa shape index (κ3) is 2.59. The van der Waals surface area contributed by atoms with E-state index in [1.165, 1.54) is 0 Å². The van der Waals surface area contributed by atoms with Crippen LogP contribution in [0, 0.1) is 0 Å². The summed E-state index contributed by atoms with van der Waals surface area (Å²) >= 11 is 1.14. The van der Waals surface area contributed by atoms with Crippen molar-refractivity contribution in [3.05, 3.63) is 34.8 Å². The van der Waals surface area contributed by atoms with Crippen LogP contribution in [-0.4, -0.2) is 15.5 Å². The largest absolute Gasteiger partial charge is 0.398 e. The van der Waals surface area contributed by atoms with Gasteiger partial charge in [-0.05, 0) is 35.6 Å². The van der Waals surface area contributed by atoms with Crippen molar-refractivity contribution in [1.82, 2.24) is 9.59 Å². The molecule has 0 bridgehead atoms. The third-order valence-corrected chi connectivity index (χ3v) is 2.88. The SMILES string of the molecule is CCc1ccc(NC(=O)c2csnn2)cc1N. The number of nitrogen functional groups attached to an aromatic ring is 1. The quantitative estimate of drug-likeness (QED) is 0.813. The van der Waals surface area contributed by atoms with Crippen LogP contribution in [0.3, 0.4) is 0 Å². The summed E-state index contributed by atoms with van der Waals surface area (Å²) in [6.45, 7) is 2.03. The first-order valence-corrected chi connectivity index (χ1v) is 6.01. The van der Waals surface area contributed by atoms with Gasteiger partial charge in [-0.15, -0.1) is 5.10 Å². The van der Waals surface area contributed by atoms with Crippen molar-refractivity contribution in [2.45, 2.75) is 13.3 Å². The Labute approximate surface area is 103 Å². The van der Waals surface area contributed by atoms with Gasteiger partial charge in [-0.2, -0.15) is 0 Å². The topological polar surface area (TPSA) is 80.9 Å². The Hall–Kier alpha value is -1.95. The molecule has 0 aliphatic heterocycles. The van der Waals surface area contributed by atoms with E-state index >= 15 is 0 Å². The molecule has 0 aliphatic carbocycles. The van der Waals surface area contributed by atoms with Crippen LogP contribution in [0.2, 0.25) is 0 Å². The molecule has 0 radical (unpaired) electrons. The van der Waals surface area contributed by atoms with E-state index < -0.39 is 0 Å². The van der Waals surface area contributed by atoms with Crippen molar-refractivity contribution in [2.24, 2.45) is 0 Å². The van der Waals surface area contributed by atoms with Gasteiger partial charge in [-0.3, -0.25) is 4.79 Å². The lowest BCUT2D eigenvalue weighted by atomic mass is 10.1. The number of carbonyl (C=O) groups excluding carboxylic acids is 1. The molecule has 2 rings (SSSR count). The second kappa shape index (κ2) is 4.92. The first-order chi connectivity index (χ1) is 8.20. The maximum absolute atomic E-state index is 11.7. The Morgan fingerprint density at radius 1 is 1.53 bits per heavy atom. The van der Waals surface area contributed by atoms with Gasteiger partial charge in [0.1, 0.15) is 0 Å². The first-order valence-electron chi connectivity index (χ1n) is 5.17. The van der Waals surface area contributed by atoms with Gasteiger partial charge in [0.25, 0.3) is 5.91 Å². The van der Waals surface area contributed by atoms with Crippen LogP contribution < -0.4 is 11.1 Å². The molecule has 1 amide bonds. The molecule has 1 aromatic heterocycles. The monoisotopic (exact) mass is 248 g/mol. The number of hydrogen-bond acceptors (Lipinski definition) is 5. The van der Waals surface area contributed by atoms with E-state index in [1.807, 2.05) is 19.1 Å². The molecule has 88 valence electrons. The van der Waals surface area contributed by atoms with Gasteiger partial charge in [0.15, 0.2) is 5.69 Å². The minimum Gasteiger partial charge on any atom is -0.398 e. The molecule has 17 heavy (non-hydrogen) atoms. The standard InChI is InChI=1S/C11H12N4OS/c1-2-7-3-4-8(5-9(7)12)13-11(16)10-6-17-15-14-10/h3-6H,2,12H2,1H3,(H,13,16). The molecule has 0 aliphatic rings. The smallest absolute Gasteiger partial charge is 0.277 e. The fourth-order valence-corrected chi connectivity index (χ4v) is 1.89. The molecule has 0 atom stereocenters. The normalized spacial score (nSPS) is 10.2. The van der Waals surface area contributed by atoms with Gasteiger partial charge in [0.2, 0.25) is 0 Å². The average molecular weight is 248 g/mol. The number of benzene rings is 1. The second-order valence-corrected chi connectivity index (χ2v) is 4.12. The molecule has 0 unspecified atom stereocenters. The lowest BCUT2D eigenvalue weighted by molar-refractivity contribution is 0.102. The molecule has 1 heterocycles. The highest BCUT2D eigenvalue weighted by atomic mass is 32.1. The molecule has 0 saturated carbocycles. The van der Waals surface area contributed by atoms with Gasteiger partial charge < -0.3 is 11.1 Å². The summed E-state index contributed by atoms with van der Waals surface area (Å²) in [5.74, 6) is -0.276. The molecule has 2 aromatic rings. The Morgan fingerprint density at radius 3 is 2.94 bits per heavy atom. The van der Waals surface area contributed by atoms with E-state index in [0.29, 0.717) is 17.1 Å². The van der Waals surface area contributed by atoms with Crippen molar-refractivity contribution in [1.29, 1.82) is 0 Å². The molecule has 6 heteroatoms. The Balaban J connectivity index is 2.14. The lowest BCUT2D eigenvalue weighted by Crippen LogP contribution is -2.12. The maximum atomic E-state index is 11.7. The number of nitrogens with zero attached hydrogens (tertiary/aromatic N) is 2. The van der Waals surface area contributed by atoms with Crippen LogP contribution in [0.15, 0.2) is 23.6 Å². The molecule has 5 nitrogen and oxygen atoms in total. The number of nitrogens with two attached hydrogens (primary N) is 1. The predicted octanol–water partition coefficient (Wildman–Crippen LogP) is 1.93. The summed E-state index contributed by atoms with van der Waals surface area (Å²) in [4.78, 5) is 11.7. The van der Waals surface area contributed by atoms with Crippen molar-refractivity contribution in [3.8, 4) is 0 Å². The molecule has 1 aromatic carbocycles. The van der Waals surface area contributed by atoms with E-state index in [-0.39, 0.29) is 5.91 Å². The van der Waals surface area contributed by atoms with Crippen LogP contribution >= 0.6 is 11.5 Å². The molecule has 0 saturated heterocycles. The van der Waals surface area contributed by atoms with Crippen LogP contribution in [0.1, 0.15) is 23.0 Å². The van der Waals surface area contributed by atoms with Crippen molar-refractivity contribution >= 4 is 28.8 Å². The Kier molecular flexibility index (Phi) is 3.34. The van der Waals surface area contributed by atoms with Gasteiger partial charge >= 0.3 is 0 Å². The number of anilines is 2. The number of carbonyl (C=O) groups is 1. The summed E-state index contributed by atoms with van der Waals surface area (Å²) in [6.07, 6.45) is 0.871. The zero-order valence-corrected chi connectivity index (χ0v) is 10.1. The van der Waals surface area contributed by atoms with Crippen LogP contribution in [-0.2, 0) is 6.42 Å². The zero-order valence-electron chi connectivity index (χ0n) is 9.30. The van der Waals surface area contributed by atoms with Gasteiger partial charge in [0.05, 0.1) is 0 Å². The summed E-state index contributed by atoms with van der Waals surface area (Å²) in [7, 11) is 0. The minimum absolute atomic E-state index is 0.276. The Bertz CT molecular complexity index is 524. The number of rotatable bonds is 3. The second-order valence-electron chi connectivity index (χ2n) is 3.51. The van der Waals surface area contributed by atoms with Gasteiger partial charge in [-0.1, -0.05) is 17.5 Å². The number of amides is 1. The van der Waals surface area contributed by atoms with E-state index in [9.17, 15) is 4.79 Å². The fraction of sp³-hybridized carbons (Fsp3) is 0.182. The molecular formula is C11H12N4OS. The molecule has 3 N–H and O–H groups in total. The van der Waals surface area contributed by atoms with E-state index in [2.05, 4.69) is 14.9 Å². The summed E-state index contributed by atoms with van der Waals surface area (Å²) in [5, 5.41) is 8.01. The van der Waals surface area contributed by atoms with Gasteiger partial charge in [0, 0.05) is 16.8 Å². The summed E-state index contributed by atoms with van der Waals surface area (Å²) < 4.78 is 3.64. The number of nitrogens with one attached hydrogen (secondary N) is 1. The summed E-state index contributed by atoms with van der Waals surface area (Å²) in [5.41, 5.74) is 8.58. The van der Waals surface area contributed by atoms with Crippen LogP contribution in [0.25, 0.3) is 0 Å². The lowest BCUT2D eigenvalue weighted by Gasteiger charge is -2.07. The zero-order chi connectivity index (χ0) is 12.3. The van der Waals surface area contributed by atoms with Crippen LogP contribution in [0.5, 0.6) is 0 Å². The third-order valence-electron chi connectivity index (χ3n) is 2.38. The van der Waals surface area contributed by atoms with E-state index in [0.717, 1.165) is 23.5 Å². The average Bonchev–Trinajstić information content (AvgIpc) is 2.82. The predicted molar refractivity (Wildman–Crippen MR) is 68.1 cm³/mol. The van der Waals surface area contributed by atoms with E-state index in [4.69, 9.17) is 5.73 Å². The Morgan fingerprint density at radius 2 is 2.35 bits per heavy atom. The number of aryl methyl sites for hydroxylation is 1. The highest BCUT2D eigenvalue weighted by Gasteiger charge is 2.09. The summed E-state index contributed by atoms with van der Waals surface area (Å²) in [6, 6.07) is 5.48. The van der Waals surface area contributed by atoms with Crippen molar-refractivity contribution in [3.63, 3.8) is 0 Å². The van der Waals surface area contributed by atoms with Crippen molar-refractivity contribution in [2.75, 3.05) is 11.1 Å². The maximum Gasteiger partial charge on any atom is 0.277 e. The minimum atomic E-state index is -0.276.